The molecule has 17 heavy (non-hydrogen) atoms. The minimum atomic E-state index is -0.325. The lowest BCUT2D eigenvalue weighted by Crippen LogP contribution is -1.94. The second kappa shape index (κ2) is 4.73. The molecule has 0 spiro atoms. The van der Waals surface area contributed by atoms with Crippen molar-refractivity contribution in [3.8, 4) is 17.2 Å². The predicted octanol–water partition coefficient (Wildman–Crippen LogP) is 2.25. The Labute approximate surface area is 97.8 Å². The molecule has 0 fully saturated rings. The van der Waals surface area contributed by atoms with Gasteiger partial charge in [-0.05, 0) is 29.3 Å². The molecular weight excluding hydrogens is 219 g/mol. The largest absolute Gasteiger partial charge is 0.392 e. The highest BCUT2D eigenvalue weighted by molar-refractivity contribution is 5.67. The maximum absolute atomic E-state index is 12.8. The summed E-state index contributed by atoms with van der Waals surface area (Å²) < 4.78 is 12.8. The summed E-state index contributed by atoms with van der Waals surface area (Å²) in [6, 6.07) is 9.39. The molecule has 2 rings (SSSR count). The Bertz CT molecular complexity index is 573. The van der Waals surface area contributed by atoms with E-state index in [1.807, 2.05) is 6.07 Å². The fraction of sp³-hybridized carbons (Fsp3) is 0.0769. The quantitative estimate of drug-likeness (QED) is 0.857. The first-order chi connectivity index (χ1) is 8.24. The van der Waals surface area contributed by atoms with E-state index in [2.05, 4.69) is 4.98 Å². The van der Waals surface area contributed by atoms with E-state index in [9.17, 15) is 9.50 Å². The Balaban J connectivity index is 2.56. The van der Waals surface area contributed by atoms with E-state index >= 15 is 0 Å². The van der Waals surface area contributed by atoms with E-state index in [4.69, 9.17) is 5.26 Å². The van der Waals surface area contributed by atoms with Crippen LogP contribution in [-0.4, -0.2) is 10.1 Å². The van der Waals surface area contributed by atoms with Crippen molar-refractivity contribution < 1.29 is 9.50 Å². The van der Waals surface area contributed by atoms with Crippen LogP contribution in [0.2, 0.25) is 0 Å². The molecule has 0 aliphatic carbocycles. The smallest absolute Gasteiger partial charge is 0.141 e. The summed E-state index contributed by atoms with van der Waals surface area (Å²) in [5.74, 6) is -0.325. The molecule has 1 aromatic heterocycles. The maximum atomic E-state index is 12.8. The van der Waals surface area contributed by atoms with Crippen molar-refractivity contribution in [1.29, 1.82) is 5.26 Å². The van der Waals surface area contributed by atoms with Gasteiger partial charge in [-0.1, -0.05) is 12.1 Å². The lowest BCUT2D eigenvalue weighted by atomic mass is 10.0. The van der Waals surface area contributed by atoms with Gasteiger partial charge in [0.15, 0.2) is 0 Å². The van der Waals surface area contributed by atoms with E-state index in [0.29, 0.717) is 11.1 Å². The number of pyridine rings is 1. The van der Waals surface area contributed by atoms with Crippen molar-refractivity contribution in [2.75, 3.05) is 0 Å². The molecule has 1 N–H and O–H groups in total. The number of aliphatic hydroxyl groups is 1. The number of aliphatic hydroxyl groups excluding tert-OH is 1. The van der Waals surface area contributed by atoms with Crippen molar-refractivity contribution >= 4 is 0 Å². The minimum Gasteiger partial charge on any atom is -0.392 e. The van der Waals surface area contributed by atoms with Crippen LogP contribution in [0.25, 0.3) is 11.1 Å². The first-order valence-electron chi connectivity index (χ1n) is 5.00. The minimum absolute atomic E-state index is 0.175. The SMILES string of the molecule is N#Cc1cc(-c2ccc(F)cc2)c(CO)cn1. The van der Waals surface area contributed by atoms with Crippen LogP contribution in [-0.2, 0) is 6.61 Å². The van der Waals surface area contributed by atoms with Gasteiger partial charge in [0.2, 0.25) is 0 Å². The third-order valence-electron chi connectivity index (χ3n) is 2.43. The number of hydrogen-bond acceptors (Lipinski definition) is 3. The highest BCUT2D eigenvalue weighted by Crippen LogP contribution is 2.24. The molecule has 0 unspecified atom stereocenters. The van der Waals surface area contributed by atoms with Crippen LogP contribution in [0.1, 0.15) is 11.3 Å². The molecule has 0 saturated carbocycles. The van der Waals surface area contributed by atoms with Crippen LogP contribution >= 0.6 is 0 Å². The normalized spacial score (nSPS) is 9.94. The van der Waals surface area contributed by atoms with Gasteiger partial charge >= 0.3 is 0 Å². The second-order valence-corrected chi connectivity index (χ2v) is 3.50. The monoisotopic (exact) mass is 228 g/mol. The Hall–Kier alpha value is -2.25. The first-order valence-corrected chi connectivity index (χ1v) is 5.00. The number of rotatable bonds is 2. The van der Waals surface area contributed by atoms with Gasteiger partial charge in [-0.2, -0.15) is 5.26 Å². The molecule has 0 bridgehead atoms. The molecule has 0 atom stereocenters. The van der Waals surface area contributed by atoms with Gasteiger partial charge in [0.05, 0.1) is 6.61 Å². The zero-order valence-corrected chi connectivity index (χ0v) is 8.89. The molecule has 2 aromatic rings. The number of benzene rings is 1. The number of nitriles is 1. The summed E-state index contributed by atoms with van der Waals surface area (Å²) in [5, 5.41) is 18.0. The maximum Gasteiger partial charge on any atom is 0.141 e. The van der Waals surface area contributed by atoms with Crippen LogP contribution in [0.5, 0.6) is 0 Å². The molecule has 84 valence electrons. The van der Waals surface area contributed by atoms with E-state index < -0.39 is 0 Å². The number of halogens is 1. The van der Waals surface area contributed by atoms with Gasteiger partial charge in [0.25, 0.3) is 0 Å². The summed E-state index contributed by atoms with van der Waals surface area (Å²) in [4.78, 5) is 3.88. The molecule has 0 radical (unpaired) electrons. The van der Waals surface area contributed by atoms with E-state index in [1.54, 1.807) is 18.2 Å². The fourth-order valence-corrected chi connectivity index (χ4v) is 1.57. The number of aromatic nitrogens is 1. The topological polar surface area (TPSA) is 56.9 Å². The van der Waals surface area contributed by atoms with Gasteiger partial charge in [0, 0.05) is 11.8 Å². The highest BCUT2D eigenvalue weighted by atomic mass is 19.1. The lowest BCUT2D eigenvalue weighted by molar-refractivity contribution is 0.282. The van der Waals surface area contributed by atoms with Gasteiger partial charge in [0.1, 0.15) is 17.6 Å². The van der Waals surface area contributed by atoms with Crippen molar-refractivity contribution in [3.05, 3.63) is 53.6 Å². The van der Waals surface area contributed by atoms with Crippen LogP contribution in [0.3, 0.4) is 0 Å². The predicted molar refractivity (Wildman–Crippen MR) is 60.3 cm³/mol. The molecule has 0 amide bonds. The summed E-state index contributed by atoms with van der Waals surface area (Å²) in [6.45, 7) is -0.175. The molecule has 4 heteroatoms. The zero-order chi connectivity index (χ0) is 12.3. The molecular formula is C13H9FN2O. The van der Waals surface area contributed by atoms with Crippen LogP contribution in [0.15, 0.2) is 36.5 Å². The van der Waals surface area contributed by atoms with Gasteiger partial charge in [-0.25, -0.2) is 9.37 Å². The molecule has 0 saturated heterocycles. The summed E-state index contributed by atoms with van der Waals surface area (Å²) in [6.07, 6.45) is 1.46. The van der Waals surface area contributed by atoms with Gasteiger partial charge in [-0.3, -0.25) is 0 Å². The Morgan fingerprint density at radius 1 is 1.29 bits per heavy atom. The van der Waals surface area contributed by atoms with Gasteiger partial charge < -0.3 is 5.11 Å². The highest BCUT2D eigenvalue weighted by Gasteiger charge is 2.07. The van der Waals surface area contributed by atoms with Gasteiger partial charge in [-0.15, -0.1) is 0 Å². The average Bonchev–Trinajstić information content (AvgIpc) is 2.39. The standard InChI is InChI=1S/C13H9FN2O/c14-11-3-1-9(2-4-11)13-5-12(6-15)16-7-10(13)8-17/h1-5,7,17H,8H2. The third-order valence-corrected chi connectivity index (χ3v) is 2.43. The van der Waals surface area contributed by atoms with Crippen LogP contribution < -0.4 is 0 Å². The van der Waals surface area contributed by atoms with Crippen molar-refractivity contribution in [3.63, 3.8) is 0 Å². The Morgan fingerprint density at radius 2 is 2.00 bits per heavy atom. The van der Waals surface area contributed by atoms with E-state index in [-0.39, 0.29) is 18.1 Å². The first kappa shape index (κ1) is 11.2. The molecule has 0 aliphatic heterocycles. The molecule has 1 aromatic carbocycles. The van der Waals surface area contributed by atoms with Crippen LogP contribution in [0, 0.1) is 17.1 Å². The van der Waals surface area contributed by atoms with Crippen molar-refractivity contribution in [2.24, 2.45) is 0 Å². The zero-order valence-electron chi connectivity index (χ0n) is 8.89. The van der Waals surface area contributed by atoms with E-state index in [0.717, 1.165) is 5.56 Å². The Morgan fingerprint density at radius 3 is 2.59 bits per heavy atom. The van der Waals surface area contributed by atoms with Crippen molar-refractivity contribution in [1.82, 2.24) is 4.98 Å². The van der Waals surface area contributed by atoms with E-state index in [1.165, 1.54) is 18.3 Å². The second-order valence-electron chi connectivity index (χ2n) is 3.50. The third kappa shape index (κ3) is 2.30. The average molecular weight is 228 g/mol. The summed E-state index contributed by atoms with van der Waals surface area (Å²) in [7, 11) is 0. The molecule has 1 heterocycles. The summed E-state index contributed by atoms with van der Waals surface area (Å²) in [5.41, 5.74) is 2.31. The molecule has 3 nitrogen and oxygen atoms in total. The number of hydrogen-bond donors (Lipinski definition) is 1. The fourth-order valence-electron chi connectivity index (χ4n) is 1.57. The van der Waals surface area contributed by atoms with Crippen LogP contribution in [0.4, 0.5) is 4.39 Å². The van der Waals surface area contributed by atoms with Crippen molar-refractivity contribution in [2.45, 2.75) is 6.61 Å². The Kier molecular flexibility index (Phi) is 3.12. The number of nitrogens with zero attached hydrogens (tertiary/aromatic N) is 2. The lowest BCUT2D eigenvalue weighted by Gasteiger charge is -2.07. The summed E-state index contributed by atoms with van der Waals surface area (Å²) >= 11 is 0. The molecule has 0 aliphatic rings.